The molecule has 0 aromatic carbocycles. The van der Waals surface area contributed by atoms with Gasteiger partial charge in [-0.1, -0.05) is 6.08 Å². The minimum atomic E-state index is -3.33. The Labute approximate surface area is 171 Å². The average molecular weight is 420 g/mol. The van der Waals surface area contributed by atoms with Gasteiger partial charge in [0, 0.05) is 56.3 Å². The van der Waals surface area contributed by atoms with Crippen molar-refractivity contribution >= 4 is 15.7 Å². The Morgan fingerprint density at radius 3 is 2.90 bits per heavy atom. The molecule has 0 aliphatic carbocycles. The molecule has 29 heavy (non-hydrogen) atoms. The maximum absolute atomic E-state index is 13.1. The van der Waals surface area contributed by atoms with E-state index >= 15 is 0 Å². The van der Waals surface area contributed by atoms with Gasteiger partial charge in [-0.3, -0.25) is 14.8 Å². The summed E-state index contributed by atoms with van der Waals surface area (Å²) in [5, 5.41) is 3.21. The average Bonchev–Trinajstić information content (AvgIpc) is 3.12. The lowest BCUT2D eigenvalue weighted by atomic mass is 9.96. The van der Waals surface area contributed by atoms with E-state index in [-0.39, 0.29) is 17.2 Å². The second-order valence-corrected chi connectivity index (χ2v) is 10.3. The van der Waals surface area contributed by atoms with Crippen molar-refractivity contribution in [2.75, 3.05) is 25.4 Å². The Kier molecular flexibility index (Phi) is 5.39. The van der Waals surface area contributed by atoms with Gasteiger partial charge in [0.05, 0.1) is 17.0 Å². The number of H-pyrrole nitrogens is 1. The van der Waals surface area contributed by atoms with Crippen molar-refractivity contribution in [1.82, 2.24) is 23.8 Å². The predicted octanol–water partition coefficient (Wildman–Crippen LogP) is 1.48. The monoisotopic (exact) mass is 419 g/mol. The second-order valence-electron chi connectivity index (χ2n) is 8.33. The molecule has 0 saturated carbocycles. The standard InChI is InChI=1S/C20H29N5O3S/c1-4-10-29(27,28)24-8-5-6-15(12-24)18-11-19-21-17-7-9-23(14(2)3)13-16(17)20(26)25(19)22-18/h4,11,14-15,22H,1,5-10,12-13H2,2-3H3/t15-/m0/s1. The fraction of sp³-hybridized carbons (Fsp3) is 0.600. The van der Waals surface area contributed by atoms with Gasteiger partial charge in [-0.15, -0.1) is 6.58 Å². The quantitative estimate of drug-likeness (QED) is 0.742. The van der Waals surface area contributed by atoms with Gasteiger partial charge in [-0.25, -0.2) is 22.2 Å². The largest absolute Gasteiger partial charge is 0.296 e. The van der Waals surface area contributed by atoms with Crippen LogP contribution in [0.2, 0.25) is 0 Å². The molecule has 1 saturated heterocycles. The predicted molar refractivity (Wildman–Crippen MR) is 113 cm³/mol. The summed E-state index contributed by atoms with van der Waals surface area (Å²) >= 11 is 0. The molecule has 1 N–H and O–H groups in total. The molecular formula is C20H29N5O3S. The van der Waals surface area contributed by atoms with Gasteiger partial charge in [-0.05, 0) is 26.7 Å². The molecule has 9 heteroatoms. The number of aromatic nitrogens is 3. The summed E-state index contributed by atoms with van der Waals surface area (Å²) in [4.78, 5) is 20.1. The zero-order valence-corrected chi connectivity index (χ0v) is 17.9. The highest BCUT2D eigenvalue weighted by Crippen LogP contribution is 2.28. The lowest BCUT2D eigenvalue weighted by molar-refractivity contribution is 0.200. The second kappa shape index (κ2) is 7.70. The first-order valence-corrected chi connectivity index (χ1v) is 11.9. The zero-order chi connectivity index (χ0) is 20.8. The molecule has 4 rings (SSSR count). The fourth-order valence-corrected chi connectivity index (χ4v) is 5.70. The summed E-state index contributed by atoms with van der Waals surface area (Å²) in [5.41, 5.74) is 3.09. The molecule has 1 fully saturated rings. The van der Waals surface area contributed by atoms with E-state index in [2.05, 4.69) is 30.4 Å². The normalized spacial score (nSPS) is 21.6. The Morgan fingerprint density at radius 1 is 1.38 bits per heavy atom. The molecule has 0 radical (unpaired) electrons. The third-order valence-electron chi connectivity index (χ3n) is 6.09. The molecule has 2 aliphatic heterocycles. The lowest BCUT2D eigenvalue weighted by Crippen LogP contribution is -2.40. The van der Waals surface area contributed by atoms with Crippen LogP contribution in [0.25, 0.3) is 5.65 Å². The van der Waals surface area contributed by atoms with Crippen molar-refractivity contribution in [1.29, 1.82) is 0 Å². The minimum absolute atomic E-state index is 0.0219. The summed E-state index contributed by atoms with van der Waals surface area (Å²) in [7, 11) is -3.33. The van der Waals surface area contributed by atoms with E-state index in [0.29, 0.717) is 31.3 Å². The summed E-state index contributed by atoms with van der Waals surface area (Å²) in [6, 6.07) is 2.29. The first-order chi connectivity index (χ1) is 13.8. The third-order valence-corrected chi connectivity index (χ3v) is 7.86. The minimum Gasteiger partial charge on any atom is -0.296 e. The highest BCUT2D eigenvalue weighted by atomic mass is 32.2. The van der Waals surface area contributed by atoms with Crippen LogP contribution in [-0.4, -0.2) is 63.6 Å². The summed E-state index contributed by atoms with van der Waals surface area (Å²) in [5.74, 6) is -0.0272. The summed E-state index contributed by atoms with van der Waals surface area (Å²) in [6.45, 7) is 10.3. The zero-order valence-electron chi connectivity index (χ0n) is 17.1. The maximum atomic E-state index is 13.1. The van der Waals surface area contributed by atoms with Crippen LogP contribution in [0.1, 0.15) is 49.6 Å². The van der Waals surface area contributed by atoms with Gasteiger partial charge >= 0.3 is 0 Å². The van der Waals surface area contributed by atoms with Crippen molar-refractivity contribution in [3.8, 4) is 0 Å². The van der Waals surface area contributed by atoms with Crippen LogP contribution in [0, 0.1) is 0 Å². The van der Waals surface area contributed by atoms with Crippen LogP contribution in [0.4, 0.5) is 0 Å². The molecular weight excluding hydrogens is 390 g/mol. The summed E-state index contributed by atoms with van der Waals surface area (Å²) < 4.78 is 27.9. The van der Waals surface area contributed by atoms with Crippen molar-refractivity contribution in [3.63, 3.8) is 0 Å². The van der Waals surface area contributed by atoms with Crippen LogP contribution < -0.4 is 5.56 Å². The van der Waals surface area contributed by atoms with Gasteiger partial charge in [0.1, 0.15) is 0 Å². The molecule has 2 aliphatic rings. The number of sulfonamides is 1. The molecule has 1 atom stereocenters. The first-order valence-electron chi connectivity index (χ1n) is 10.3. The SMILES string of the molecule is C=CCS(=O)(=O)N1CCC[C@H](c2cc3nc4c(c(=O)n3[nH]2)CN(C(C)C)CC4)C1. The molecule has 0 unspecified atom stereocenters. The molecule has 2 aromatic rings. The van der Waals surface area contributed by atoms with Crippen LogP contribution in [0.5, 0.6) is 0 Å². The Balaban J connectivity index is 1.65. The van der Waals surface area contributed by atoms with Crippen LogP contribution in [0.3, 0.4) is 0 Å². The topological polar surface area (TPSA) is 90.8 Å². The highest BCUT2D eigenvalue weighted by molar-refractivity contribution is 7.89. The van der Waals surface area contributed by atoms with E-state index in [1.807, 2.05) is 6.07 Å². The number of piperidine rings is 1. The van der Waals surface area contributed by atoms with Crippen LogP contribution in [0.15, 0.2) is 23.5 Å². The molecule has 0 spiro atoms. The van der Waals surface area contributed by atoms with Crippen molar-refractivity contribution in [3.05, 3.63) is 46.0 Å². The van der Waals surface area contributed by atoms with E-state index in [1.165, 1.54) is 14.9 Å². The van der Waals surface area contributed by atoms with Crippen LogP contribution in [-0.2, 0) is 23.0 Å². The maximum Gasteiger partial charge on any atom is 0.277 e. The van der Waals surface area contributed by atoms with Crippen molar-refractivity contribution < 1.29 is 8.42 Å². The van der Waals surface area contributed by atoms with E-state index in [0.717, 1.165) is 42.8 Å². The van der Waals surface area contributed by atoms with Gasteiger partial charge in [0.25, 0.3) is 5.56 Å². The molecule has 4 heterocycles. The third kappa shape index (κ3) is 3.78. The number of hydrogen-bond acceptors (Lipinski definition) is 5. The van der Waals surface area contributed by atoms with E-state index in [1.54, 1.807) is 0 Å². The van der Waals surface area contributed by atoms with Crippen molar-refractivity contribution in [2.45, 2.75) is 51.6 Å². The number of nitrogens with one attached hydrogen (secondary N) is 1. The number of aromatic amines is 1. The fourth-order valence-electron chi connectivity index (χ4n) is 4.37. The smallest absolute Gasteiger partial charge is 0.277 e. The van der Waals surface area contributed by atoms with Crippen molar-refractivity contribution in [2.24, 2.45) is 0 Å². The van der Waals surface area contributed by atoms with Gasteiger partial charge in [0.2, 0.25) is 10.0 Å². The molecule has 8 nitrogen and oxygen atoms in total. The van der Waals surface area contributed by atoms with E-state index < -0.39 is 10.0 Å². The number of nitrogens with zero attached hydrogens (tertiary/aromatic N) is 4. The molecule has 0 amide bonds. The Hall–Kier alpha value is -1.97. The lowest BCUT2D eigenvalue weighted by Gasteiger charge is -2.31. The highest BCUT2D eigenvalue weighted by Gasteiger charge is 2.30. The summed E-state index contributed by atoms with van der Waals surface area (Å²) in [6.07, 6.45) is 3.87. The number of fused-ring (bicyclic) bond motifs is 2. The van der Waals surface area contributed by atoms with Crippen LogP contribution >= 0.6 is 0 Å². The Bertz CT molecular complexity index is 1090. The molecule has 2 aromatic heterocycles. The van der Waals surface area contributed by atoms with Gasteiger partial charge in [0.15, 0.2) is 5.65 Å². The van der Waals surface area contributed by atoms with E-state index in [4.69, 9.17) is 4.98 Å². The first kappa shape index (κ1) is 20.3. The van der Waals surface area contributed by atoms with Gasteiger partial charge in [-0.2, -0.15) is 0 Å². The molecule has 158 valence electrons. The van der Waals surface area contributed by atoms with E-state index in [9.17, 15) is 13.2 Å². The Morgan fingerprint density at radius 2 is 2.17 bits per heavy atom. The molecule has 0 bridgehead atoms. The number of hydrogen-bond donors (Lipinski definition) is 1. The number of rotatable bonds is 5. The van der Waals surface area contributed by atoms with Gasteiger partial charge < -0.3 is 0 Å².